The highest BCUT2D eigenvalue weighted by Gasteiger charge is 2.18. The predicted octanol–water partition coefficient (Wildman–Crippen LogP) is 4.08. The van der Waals surface area contributed by atoms with E-state index in [4.69, 9.17) is 5.73 Å². The average molecular weight is 360 g/mol. The molecule has 0 aliphatic carbocycles. The Hall–Kier alpha value is -3.08. The van der Waals surface area contributed by atoms with E-state index in [2.05, 4.69) is 46.1 Å². The molecule has 138 valence electrons. The summed E-state index contributed by atoms with van der Waals surface area (Å²) in [7, 11) is 0. The third kappa shape index (κ3) is 3.58. The number of anilines is 1. The smallest absolute Gasteiger partial charge is 0.250 e. The van der Waals surface area contributed by atoms with Crippen LogP contribution in [0.25, 0.3) is 22.5 Å². The van der Waals surface area contributed by atoms with Crippen molar-refractivity contribution >= 4 is 11.6 Å². The Morgan fingerprint density at radius 1 is 1.07 bits per heavy atom. The lowest BCUT2D eigenvalue weighted by atomic mass is 9.98. The Labute approximate surface area is 159 Å². The lowest BCUT2D eigenvalue weighted by molar-refractivity contribution is 0.100. The van der Waals surface area contributed by atoms with Crippen molar-refractivity contribution in [3.8, 4) is 22.5 Å². The number of piperidine rings is 1. The largest absolute Gasteiger partial charge is 0.372 e. The summed E-state index contributed by atoms with van der Waals surface area (Å²) < 4.78 is 0. The summed E-state index contributed by atoms with van der Waals surface area (Å²) in [5.74, 6) is 0.375. The number of rotatable bonds is 4. The van der Waals surface area contributed by atoms with Crippen LogP contribution < -0.4 is 10.6 Å². The molecule has 3 aromatic rings. The van der Waals surface area contributed by atoms with Crippen LogP contribution in [0.15, 0.2) is 54.9 Å². The fraction of sp³-hybridized carbons (Fsp3) is 0.273. The van der Waals surface area contributed by atoms with Gasteiger partial charge < -0.3 is 15.6 Å². The van der Waals surface area contributed by atoms with E-state index in [1.165, 1.54) is 18.5 Å². The van der Waals surface area contributed by atoms with Gasteiger partial charge in [0.25, 0.3) is 5.91 Å². The summed E-state index contributed by atoms with van der Waals surface area (Å²) in [6.45, 7) is 4.51. The van der Waals surface area contributed by atoms with Crippen molar-refractivity contribution in [1.82, 2.24) is 9.97 Å². The normalized spacial score (nSPS) is 15.1. The van der Waals surface area contributed by atoms with Gasteiger partial charge in [0.2, 0.25) is 0 Å². The number of benzene rings is 1. The van der Waals surface area contributed by atoms with E-state index < -0.39 is 5.91 Å². The molecule has 1 aliphatic rings. The number of nitrogens with one attached hydrogen (secondary N) is 1. The molecule has 1 aliphatic heterocycles. The lowest BCUT2D eigenvalue weighted by Gasteiger charge is -2.32. The van der Waals surface area contributed by atoms with Gasteiger partial charge in [-0.15, -0.1) is 0 Å². The monoisotopic (exact) mass is 360 g/mol. The topological polar surface area (TPSA) is 75.0 Å². The van der Waals surface area contributed by atoms with Gasteiger partial charge in [-0.1, -0.05) is 19.1 Å². The summed E-state index contributed by atoms with van der Waals surface area (Å²) in [5, 5.41) is 0. The predicted molar refractivity (Wildman–Crippen MR) is 109 cm³/mol. The molecule has 1 saturated heterocycles. The van der Waals surface area contributed by atoms with E-state index in [1.807, 2.05) is 18.2 Å². The average Bonchev–Trinajstić information content (AvgIpc) is 3.15. The van der Waals surface area contributed by atoms with E-state index in [-0.39, 0.29) is 0 Å². The SMILES string of the molecule is CC1CCN(c2ccc(-c3[nH]c(-c4ccncc4)cc3C(N)=O)cc2)CC1. The van der Waals surface area contributed by atoms with Gasteiger partial charge in [-0.2, -0.15) is 0 Å². The van der Waals surface area contributed by atoms with Crippen LogP contribution in [0.2, 0.25) is 0 Å². The summed E-state index contributed by atoms with van der Waals surface area (Å²) >= 11 is 0. The molecule has 0 radical (unpaired) electrons. The number of carbonyl (C=O) groups excluding carboxylic acids is 1. The minimum Gasteiger partial charge on any atom is -0.372 e. The van der Waals surface area contributed by atoms with Crippen LogP contribution in [0, 0.1) is 5.92 Å². The number of nitrogens with zero attached hydrogens (tertiary/aromatic N) is 2. The van der Waals surface area contributed by atoms with Crippen molar-refractivity contribution in [2.24, 2.45) is 11.7 Å². The number of pyridine rings is 1. The Kier molecular flexibility index (Phi) is 4.67. The third-order valence-corrected chi connectivity index (χ3v) is 5.38. The maximum Gasteiger partial charge on any atom is 0.250 e. The third-order valence-electron chi connectivity index (χ3n) is 5.38. The number of aromatic amines is 1. The maximum absolute atomic E-state index is 12.0. The van der Waals surface area contributed by atoms with Gasteiger partial charge in [0.15, 0.2) is 0 Å². The van der Waals surface area contributed by atoms with Gasteiger partial charge >= 0.3 is 0 Å². The molecule has 5 heteroatoms. The highest BCUT2D eigenvalue weighted by Crippen LogP contribution is 2.31. The minimum absolute atomic E-state index is 0.435. The molecule has 2 aromatic heterocycles. The summed E-state index contributed by atoms with van der Waals surface area (Å²) in [6.07, 6.45) is 5.93. The molecule has 5 nitrogen and oxygen atoms in total. The van der Waals surface area contributed by atoms with Crippen molar-refractivity contribution in [3.63, 3.8) is 0 Å². The van der Waals surface area contributed by atoms with E-state index in [9.17, 15) is 4.79 Å². The molecule has 0 unspecified atom stereocenters. The second-order valence-electron chi connectivity index (χ2n) is 7.29. The number of H-pyrrole nitrogens is 1. The van der Waals surface area contributed by atoms with Crippen molar-refractivity contribution < 1.29 is 4.79 Å². The molecule has 1 fully saturated rings. The first kappa shape index (κ1) is 17.3. The number of aromatic nitrogens is 2. The van der Waals surface area contributed by atoms with E-state index in [1.54, 1.807) is 12.4 Å². The Morgan fingerprint density at radius 3 is 2.37 bits per heavy atom. The van der Waals surface area contributed by atoms with Crippen molar-refractivity contribution in [1.29, 1.82) is 0 Å². The van der Waals surface area contributed by atoms with Crippen molar-refractivity contribution in [3.05, 3.63) is 60.4 Å². The first-order valence-corrected chi connectivity index (χ1v) is 9.40. The minimum atomic E-state index is -0.435. The highest BCUT2D eigenvalue weighted by atomic mass is 16.1. The van der Waals surface area contributed by atoms with Crippen LogP contribution in [-0.4, -0.2) is 29.0 Å². The van der Waals surface area contributed by atoms with E-state index >= 15 is 0 Å². The molecule has 0 bridgehead atoms. The lowest BCUT2D eigenvalue weighted by Crippen LogP contribution is -2.32. The van der Waals surface area contributed by atoms with E-state index in [0.717, 1.165) is 41.5 Å². The van der Waals surface area contributed by atoms with Crippen LogP contribution in [0.5, 0.6) is 0 Å². The Bertz CT molecular complexity index is 923. The maximum atomic E-state index is 12.0. The van der Waals surface area contributed by atoms with Crippen molar-refractivity contribution in [2.45, 2.75) is 19.8 Å². The molecule has 27 heavy (non-hydrogen) atoms. The number of hydrogen-bond donors (Lipinski definition) is 2. The van der Waals surface area contributed by atoms with Crippen LogP contribution >= 0.6 is 0 Å². The first-order chi connectivity index (χ1) is 13.1. The van der Waals surface area contributed by atoms with Gasteiger partial charge in [-0.25, -0.2) is 0 Å². The summed E-state index contributed by atoms with van der Waals surface area (Å²) in [4.78, 5) is 21.8. The number of nitrogens with two attached hydrogens (primary N) is 1. The number of primary amides is 1. The molecular weight excluding hydrogens is 336 g/mol. The van der Waals surface area contributed by atoms with Gasteiger partial charge in [0.05, 0.1) is 11.3 Å². The van der Waals surface area contributed by atoms with Crippen LogP contribution in [-0.2, 0) is 0 Å². The second-order valence-corrected chi connectivity index (χ2v) is 7.29. The zero-order valence-corrected chi connectivity index (χ0v) is 15.5. The Morgan fingerprint density at radius 2 is 1.74 bits per heavy atom. The number of amides is 1. The molecule has 1 aromatic carbocycles. The molecule has 0 spiro atoms. The number of carbonyl (C=O) groups is 1. The summed E-state index contributed by atoms with van der Waals surface area (Å²) in [6, 6.07) is 14.0. The zero-order chi connectivity index (χ0) is 18.8. The standard InChI is InChI=1S/C22H24N4O/c1-15-8-12-26(13-9-15)18-4-2-17(3-5-18)21-19(22(23)27)14-20(25-21)16-6-10-24-11-7-16/h2-7,10-11,14-15,25H,8-9,12-13H2,1H3,(H2,23,27). The zero-order valence-electron chi connectivity index (χ0n) is 15.5. The van der Waals surface area contributed by atoms with Gasteiger partial charge in [0.1, 0.15) is 0 Å². The fourth-order valence-corrected chi connectivity index (χ4v) is 3.67. The first-order valence-electron chi connectivity index (χ1n) is 9.40. The second kappa shape index (κ2) is 7.27. The molecule has 3 heterocycles. The van der Waals surface area contributed by atoms with Gasteiger partial charge in [0, 0.05) is 42.4 Å². The van der Waals surface area contributed by atoms with Gasteiger partial charge in [-0.3, -0.25) is 9.78 Å². The molecular formula is C22H24N4O. The Balaban J connectivity index is 1.64. The molecule has 4 rings (SSSR count). The highest BCUT2D eigenvalue weighted by molar-refractivity contribution is 6.00. The number of hydrogen-bond acceptors (Lipinski definition) is 3. The molecule has 3 N–H and O–H groups in total. The van der Waals surface area contributed by atoms with Crippen LogP contribution in [0.3, 0.4) is 0 Å². The molecule has 1 amide bonds. The quantitative estimate of drug-likeness (QED) is 0.736. The van der Waals surface area contributed by atoms with Gasteiger partial charge in [-0.05, 0) is 54.7 Å². The fourth-order valence-electron chi connectivity index (χ4n) is 3.67. The summed E-state index contributed by atoms with van der Waals surface area (Å²) in [5.41, 5.74) is 10.9. The van der Waals surface area contributed by atoms with E-state index in [0.29, 0.717) is 5.56 Å². The van der Waals surface area contributed by atoms with Crippen LogP contribution in [0.4, 0.5) is 5.69 Å². The van der Waals surface area contributed by atoms with Crippen LogP contribution in [0.1, 0.15) is 30.1 Å². The molecule has 0 saturated carbocycles. The molecule has 0 atom stereocenters. The van der Waals surface area contributed by atoms with Crippen molar-refractivity contribution in [2.75, 3.05) is 18.0 Å².